The van der Waals surface area contributed by atoms with Gasteiger partial charge in [0.1, 0.15) is 0 Å². The first-order valence-corrected chi connectivity index (χ1v) is 4.83. The van der Waals surface area contributed by atoms with E-state index in [0.29, 0.717) is 31.6 Å². The zero-order valence-corrected chi connectivity index (χ0v) is 8.42. The Hall–Kier alpha value is -1.80. The van der Waals surface area contributed by atoms with Crippen LogP contribution >= 0.6 is 0 Å². The molecule has 5 nitrogen and oxygen atoms in total. The minimum Gasteiger partial charge on any atom is -0.367 e. The molecule has 0 atom stereocenters. The Morgan fingerprint density at radius 1 is 1.47 bits per heavy atom. The molecule has 1 aromatic heterocycles. The summed E-state index contributed by atoms with van der Waals surface area (Å²) < 4.78 is 0. The number of nitrogens with zero attached hydrogens (tertiary/aromatic N) is 1. The van der Waals surface area contributed by atoms with Crippen LogP contribution in [0.1, 0.15) is 16.8 Å². The van der Waals surface area contributed by atoms with Crippen molar-refractivity contribution < 1.29 is 4.79 Å². The highest BCUT2D eigenvalue weighted by Gasteiger charge is 2.03. The average Bonchev–Trinajstić information content (AvgIpc) is 2.76. The molecular formula is C10H14N4O. The van der Waals surface area contributed by atoms with E-state index in [9.17, 15) is 4.79 Å². The van der Waals surface area contributed by atoms with Crippen molar-refractivity contribution in [3.05, 3.63) is 24.0 Å². The Morgan fingerprint density at radius 3 is 3.00 bits per heavy atom. The van der Waals surface area contributed by atoms with Gasteiger partial charge >= 0.3 is 0 Å². The number of aromatic nitrogens is 1. The molecule has 0 fully saturated rings. The number of nitriles is 1. The summed E-state index contributed by atoms with van der Waals surface area (Å²) in [5.41, 5.74) is 0.632. The van der Waals surface area contributed by atoms with Crippen molar-refractivity contribution in [1.82, 2.24) is 15.6 Å². The van der Waals surface area contributed by atoms with E-state index in [-0.39, 0.29) is 5.91 Å². The lowest BCUT2D eigenvalue weighted by molar-refractivity contribution is 0.0954. The number of rotatable bonds is 6. The van der Waals surface area contributed by atoms with Crippen LogP contribution in [0.3, 0.4) is 0 Å². The third-order valence-corrected chi connectivity index (χ3v) is 1.86. The van der Waals surface area contributed by atoms with Crippen molar-refractivity contribution >= 4 is 5.91 Å². The van der Waals surface area contributed by atoms with Gasteiger partial charge in [-0.1, -0.05) is 0 Å². The number of nitrogens with one attached hydrogen (secondary N) is 3. The van der Waals surface area contributed by atoms with E-state index in [0.717, 1.165) is 0 Å². The standard InChI is InChI=1S/C10H14N4O/c11-3-1-4-12-6-7-14-10(15)9-2-5-13-8-9/h2,5,8,12-13H,1,4,6-7H2,(H,14,15). The Kier molecular flexibility index (Phi) is 4.98. The molecule has 0 radical (unpaired) electrons. The highest BCUT2D eigenvalue weighted by Crippen LogP contribution is 1.94. The number of hydrogen-bond donors (Lipinski definition) is 3. The molecule has 0 bridgehead atoms. The van der Waals surface area contributed by atoms with Crippen LogP contribution in [0, 0.1) is 11.3 Å². The molecule has 0 aliphatic rings. The number of hydrogen-bond acceptors (Lipinski definition) is 3. The normalized spacial score (nSPS) is 9.53. The van der Waals surface area contributed by atoms with Crippen molar-refractivity contribution in [1.29, 1.82) is 5.26 Å². The zero-order chi connectivity index (χ0) is 10.9. The summed E-state index contributed by atoms with van der Waals surface area (Å²) >= 11 is 0. The maximum Gasteiger partial charge on any atom is 0.252 e. The largest absolute Gasteiger partial charge is 0.367 e. The number of carbonyl (C=O) groups is 1. The summed E-state index contributed by atoms with van der Waals surface area (Å²) in [7, 11) is 0. The highest BCUT2D eigenvalue weighted by atomic mass is 16.1. The predicted molar refractivity (Wildman–Crippen MR) is 56.2 cm³/mol. The molecule has 80 valence electrons. The lowest BCUT2D eigenvalue weighted by Gasteiger charge is -2.04. The first kappa shape index (κ1) is 11.3. The quantitative estimate of drug-likeness (QED) is 0.583. The fourth-order valence-corrected chi connectivity index (χ4v) is 1.10. The summed E-state index contributed by atoms with van der Waals surface area (Å²) in [6, 6.07) is 3.76. The van der Waals surface area contributed by atoms with E-state index in [2.05, 4.69) is 15.6 Å². The third-order valence-electron chi connectivity index (χ3n) is 1.86. The smallest absolute Gasteiger partial charge is 0.252 e. The Labute approximate surface area is 88.5 Å². The number of carbonyl (C=O) groups excluding carboxylic acids is 1. The summed E-state index contributed by atoms with van der Waals surface area (Å²) in [4.78, 5) is 14.2. The molecule has 1 amide bonds. The van der Waals surface area contributed by atoms with Crippen LogP contribution in [0.5, 0.6) is 0 Å². The van der Waals surface area contributed by atoms with Gasteiger partial charge in [-0.15, -0.1) is 0 Å². The molecule has 15 heavy (non-hydrogen) atoms. The molecule has 0 aliphatic carbocycles. The lowest BCUT2D eigenvalue weighted by atomic mass is 10.3. The molecule has 0 aromatic carbocycles. The maximum absolute atomic E-state index is 11.4. The van der Waals surface area contributed by atoms with Crippen LogP contribution in [0.4, 0.5) is 0 Å². The Bertz CT molecular complexity index is 326. The van der Waals surface area contributed by atoms with E-state index in [1.165, 1.54) is 0 Å². The second kappa shape index (κ2) is 6.62. The van der Waals surface area contributed by atoms with E-state index < -0.39 is 0 Å². The second-order valence-electron chi connectivity index (χ2n) is 3.01. The SMILES string of the molecule is N#CCCNCCNC(=O)c1cc[nH]c1. The molecule has 1 rings (SSSR count). The van der Waals surface area contributed by atoms with Crippen LogP contribution in [0.25, 0.3) is 0 Å². The summed E-state index contributed by atoms with van der Waals surface area (Å²) in [6.07, 6.45) is 3.85. The number of H-pyrrole nitrogens is 1. The van der Waals surface area contributed by atoms with Crippen LogP contribution in [0.2, 0.25) is 0 Å². The van der Waals surface area contributed by atoms with Crippen LogP contribution < -0.4 is 10.6 Å². The topological polar surface area (TPSA) is 80.7 Å². The van der Waals surface area contributed by atoms with Crippen molar-refractivity contribution in [2.24, 2.45) is 0 Å². The van der Waals surface area contributed by atoms with Crippen molar-refractivity contribution in [3.63, 3.8) is 0 Å². The van der Waals surface area contributed by atoms with Gasteiger partial charge in [0, 0.05) is 38.4 Å². The summed E-state index contributed by atoms with van der Waals surface area (Å²) in [6.45, 7) is 1.91. The zero-order valence-electron chi connectivity index (χ0n) is 8.42. The molecule has 1 heterocycles. The molecule has 1 aromatic rings. The van der Waals surface area contributed by atoms with Gasteiger partial charge < -0.3 is 15.6 Å². The monoisotopic (exact) mass is 206 g/mol. The molecule has 0 saturated heterocycles. The van der Waals surface area contributed by atoms with Gasteiger partial charge in [-0.25, -0.2) is 0 Å². The first-order valence-electron chi connectivity index (χ1n) is 4.83. The van der Waals surface area contributed by atoms with Crippen molar-refractivity contribution in [2.75, 3.05) is 19.6 Å². The van der Waals surface area contributed by atoms with Gasteiger partial charge in [0.05, 0.1) is 11.6 Å². The van der Waals surface area contributed by atoms with Gasteiger partial charge in [0.25, 0.3) is 5.91 Å². The van der Waals surface area contributed by atoms with E-state index in [1.807, 2.05) is 6.07 Å². The minimum absolute atomic E-state index is 0.0849. The van der Waals surface area contributed by atoms with E-state index >= 15 is 0 Å². The van der Waals surface area contributed by atoms with Gasteiger partial charge in [-0.3, -0.25) is 4.79 Å². The van der Waals surface area contributed by atoms with Crippen LogP contribution in [-0.4, -0.2) is 30.5 Å². The molecular weight excluding hydrogens is 192 g/mol. The molecule has 0 saturated carbocycles. The predicted octanol–water partition coefficient (Wildman–Crippen LogP) is 0.248. The molecule has 0 unspecified atom stereocenters. The van der Waals surface area contributed by atoms with E-state index in [4.69, 9.17) is 5.26 Å². The third kappa shape index (κ3) is 4.29. The van der Waals surface area contributed by atoms with Crippen molar-refractivity contribution in [3.8, 4) is 6.07 Å². The van der Waals surface area contributed by atoms with Crippen LogP contribution in [0.15, 0.2) is 18.5 Å². The number of amides is 1. The van der Waals surface area contributed by atoms with Crippen LogP contribution in [-0.2, 0) is 0 Å². The lowest BCUT2D eigenvalue weighted by Crippen LogP contribution is -2.31. The minimum atomic E-state index is -0.0849. The Morgan fingerprint density at radius 2 is 2.33 bits per heavy atom. The average molecular weight is 206 g/mol. The van der Waals surface area contributed by atoms with E-state index in [1.54, 1.807) is 18.5 Å². The summed E-state index contributed by atoms with van der Waals surface area (Å²) in [5, 5.41) is 14.1. The molecule has 0 aliphatic heterocycles. The molecule has 3 N–H and O–H groups in total. The highest BCUT2D eigenvalue weighted by molar-refractivity contribution is 5.93. The maximum atomic E-state index is 11.4. The number of aromatic amines is 1. The van der Waals surface area contributed by atoms with Crippen molar-refractivity contribution in [2.45, 2.75) is 6.42 Å². The second-order valence-corrected chi connectivity index (χ2v) is 3.01. The van der Waals surface area contributed by atoms with Gasteiger partial charge in [0.15, 0.2) is 0 Å². The summed E-state index contributed by atoms with van der Waals surface area (Å²) in [5.74, 6) is -0.0849. The Balaban J connectivity index is 2.06. The van der Waals surface area contributed by atoms with Gasteiger partial charge in [-0.05, 0) is 6.07 Å². The van der Waals surface area contributed by atoms with Gasteiger partial charge in [0.2, 0.25) is 0 Å². The fraction of sp³-hybridized carbons (Fsp3) is 0.400. The molecule has 0 spiro atoms. The fourth-order valence-electron chi connectivity index (χ4n) is 1.10. The van der Waals surface area contributed by atoms with Gasteiger partial charge in [-0.2, -0.15) is 5.26 Å². The first-order chi connectivity index (χ1) is 7.34. The molecule has 5 heteroatoms.